The first-order valence-corrected chi connectivity index (χ1v) is 16.2. The van der Waals surface area contributed by atoms with Gasteiger partial charge in [-0.05, 0) is 93.6 Å². The maximum atomic E-state index is 14.2. The number of amides is 2. The Kier molecular flexibility index (Phi) is 11.5. The van der Waals surface area contributed by atoms with E-state index in [1.807, 2.05) is 47.6 Å². The van der Waals surface area contributed by atoms with Crippen LogP contribution in [-0.4, -0.2) is 43.8 Å². The van der Waals surface area contributed by atoms with Gasteiger partial charge in [-0.1, -0.05) is 66.9 Å². The highest BCUT2D eigenvalue weighted by molar-refractivity contribution is 7.92. The molecular formula is C32H39Cl2N3O4S. The van der Waals surface area contributed by atoms with Gasteiger partial charge in [-0.2, -0.15) is 0 Å². The van der Waals surface area contributed by atoms with Crippen molar-refractivity contribution in [3.8, 4) is 0 Å². The minimum Gasteiger partial charge on any atom is -0.352 e. The number of hydrogen-bond donors (Lipinski definition) is 1. The lowest BCUT2D eigenvalue weighted by atomic mass is 10.1. The minimum absolute atomic E-state index is 0.00733. The Morgan fingerprint density at radius 3 is 2.12 bits per heavy atom. The largest absolute Gasteiger partial charge is 0.352 e. The molecule has 0 aliphatic heterocycles. The van der Waals surface area contributed by atoms with Gasteiger partial charge in [0.25, 0.3) is 10.0 Å². The predicted molar refractivity (Wildman–Crippen MR) is 171 cm³/mol. The maximum absolute atomic E-state index is 14.2. The highest BCUT2D eigenvalue weighted by Gasteiger charge is 2.34. The van der Waals surface area contributed by atoms with Gasteiger partial charge in [-0.15, -0.1) is 0 Å². The van der Waals surface area contributed by atoms with Crippen LogP contribution in [-0.2, 0) is 26.2 Å². The number of nitrogens with one attached hydrogen (secondary N) is 1. The van der Waals surface area contributed by atoms with Crippen LogP contribution in [0.5, 0.6) is 0 Å². The van der Waals surface area contributed by atoms with Crippen LogP contribution in [0.1, 0.15) is 55.9 Å². The quantitative estimate of drug-likeness (QED) is 0.237. The summed E-state index contributed by atoms with van der Waals surface area (Å²) in [5.74, 6) is -0.856. The predicted octanol–water partition coefficient (Wildman–Crippen LogP) is 6.84. The number of hydrogen-bond acceptors (Lipinski definition) is 4. The van der Waals surface area contributed by atoms with Crippen LogP contribution in [0.2, 0.25) is 10.0 Å². The summed E-state index contributed by atoms with van der Waals surface area (Å²) < 4.78 is 29.2. The second kappa shape index (κ2) is 14.4. The van der Waals surface area contributed by atoms with E-state index in [0.29, 0.717) is 34.1 Å². The van der Waals surface area contributed by atoms with E-state index in [2.05, 4.69) is 5.32 Å². The van der Waals surface area contributed by atoms with E-state index in [1.54, 1.807) is 42.5 Å². The third-order valence-corrected chi connectivity index (χ3v) is 9.78. The number of rotatable bonds is 12. The molecule has 0 aliphatic rings. The number of nitrogens with zero attached hydrogens (tertiary/aromatic N) is 2. The third kappa shape index (κ3) is 8.06. The van der Waals surface area contributed by atoms with Crippen LogP contribution in [0.3, 0.4) is 0 Å². The van der Waals surface area contributed by atoms with Crippen LogP contribution in [0, 0.1) is 20.8 Å². The molecule has 0 unspecified atom stereocenters. The Bertz CT molecular complexity index is 1530. The average Bonchev–Trinajstić information content (AvgIpc) is 2.94. The first kappa shape index (κ1) is 33.4. The molecule has 0 saturated carbocycles. The van der Waals surface area contributed by atoms with E-state index in [0.717, 1.165) is 21.0 Å². The van der Waals surface area contributed by atoms with E-state index in [4.69, 9.17) is 23.2 Å². The fourth-order valence-electron chi connectivity index (χ4n) is 4.44. The molecule has 7 nitrogen and oxygen atoms in total. The second-order valence-electron chi connectivity index (χ2n) is 10.6. The lowest BCUT2D eigenvalue weighted by Crippen LogP contribution is -2.53. The number of aryl methyl sites for hydroxylation is 3. The molecule has 3 rings (SSSR count). The van der Waals surface area contributed by atoms with Gasteiger partial charge in [0.1, 0.15) is 12.6 Å². The van der Waals surface area contributed by atoms with Crippen LogP contribution in [0.4, 0.5) is 5.69 Å². The molecule has 0 aliphatic carbocycles. The van der Waals surface area contributed by atoms with Gasteiger partial charge in [0, 0.05) is 22.6 Å². The van der Waals surface area contributed by atoms with Crippen LogP contribution in [0.25, 0.3) is 0 Å². The lowest BCUT2D eigenvalue weighted by Gasteiger charge is -2.34. The Morgan fingerprint density at radius 1 is 0.881 bits per heavy atom. The third-order valence-electron chi connectivity index (χ3n) is 7.41. The molecule has 3 aromatic carbocycles. The van der Waals surface area contributed by atoms with Gasteiger partial charge in [0.2, 0.25) is 11.8 Å². The molecule has 226 valence electrons. The van der Waals surface area contributed by atoms with Gasteiger partial charge in [-0.3, -0.25) is 13.9 Å². The van der Waals surface area contributed by atoms with Crippen LogP contribution in [0.15, 0.2) is 65.6 Å². The van der Waals surface area contributed by atoms with Crippen molar-refractivity contribution in [2.24, 2.45) is 0 Å². The van der Waals surface area contributed by atoms with E-state index < -0.39 is 28.5 Å². The fraction of sp³-hybridized carbons (Fsp3) is 0.375. The van der Waals surface area contributed by atoms with Gasteiger partial charge >= 0.3 is 0 Å². The summed E-state index contributed by atoms with van der Waals surface area (Å²) in [7, 11) is -4.15. The monoisotopic (exact) mass is 631 g/mol. The van der Waals surface area contributed by atoms with Crippen molar-refractivity contribution in [1.29, 1.82) is 0 Å². The van der Waals surface area contributed by atoms with Gasteiger partial charge < -0.3 is 10.2 Å². The number of halogens is 2. The summed E-state index contributed by atoms with van der Waals surface area (Å²) in [5, 5.41) is 3.75. The zero-order valence-corrected chi connectivity index (χ0v) is 27.3. The Morgan fingerprint density at radius 2 is 1.55 bits per heavy atom. The molecule has 0 spiro atoms. The molecule has 2 amide bonds. The number of benzene rings is 3. The molecule has 3 aromatic rings. The van der Waals surface area contributed by atoms with Gasteiger partial charge in [0.15, 0.2) is 0 Å². The summed E-state index contributed by atoms with van der Waals surface area (Å²) >= 11 is 12.6. The Balaban J connectivity index is 2.11. The normalized spacial score (nSPS) is 12.9. The average molecular weight is 633 g/mol. The van der Waals surface area contributed by atoms with Gasteiger partial charge in [-0.25, -0.2) is 8.42 Å². The molecule has 10 heteroatoms. The summed E-state index contributed by atoms with van der Waals surface area (Å²) in [5.41, 5.74) is 3.72. The van der Waals surface area contributed by atoms with Crippen LogP contribution >= 0.6 is 23.2 Å². The van der Waals surface area contributed by atoms with Crippen molar-refractivity contribution in [1.82, 2.24) is 10.2 Å². The van der Waals surface area contributed by atoms with Gasteiger partial charge in [0.05, 0.1) is 10.6 Å². The summed E-state index contributed by atoms with van der Waals surface area (Å²) in [6.07, 6.45) is 1.03. The lowest BCUT2D eigenvalue weighted by molar-refractivity contribution is -0.140. The Hall–Kier alpha value is -3.07. The first-order valence-electron chi connectivity index (χ1n) is 14.0. The molecule has 0 heterocycles. The topological polar surface area (TPSA) is 86.8 Å². The Labute approximate surface area is 259 Å². The zero-order valence-electron chi connectivity index (χ0n) is 24.9. The summed E-state index contributed by atoms with van der Waals surface area (Å²) in [4.78, 5) is 29.1. The molecule has 0 fully saturated rings. The first-order chi connectivity index (χ1) is 19.8. The highest BCUT2D eigenvalue weighted by Crippen LogP contribution is 2.28. The number of carbonyl (C=O) groups excluding carboxylic acids is 2. The van der Waals surface area contributed by atoms with Crippen molar-refractivity contribution >= 4 is 50.7 Å². The van der Waals surface area contributed by atoms with Crippen LogP contribution < -0.4 is 9.62 Å². The standard InChI is InChI=1S/C32H39Cl2N3O4S/c1-7-24(6)35-32(39)30(8-2)36(19-25-12-13-26(33)18-29(25)34)31(38)20-37(27-14-11-22(4)23(5)17-27)42(40,41)28-15-9-21(3)10-16-28/h9-18,24,30H,7-8,19-20H2,1-6H3,(H,35,39)/t24-,30-/m0/s1. The van der Waals surface area contributed by atoms with Crippen molar-refractivity contribution in [2.45, 2.75) is 77.9 Å². The van der Waals surface area contributed by atoms with Crippen molar-refractivity contribution in [2.75, 3.05) is 10.8 Å². The zero-order chi connectivity index (χ0) is 31.2. The molecule has 0 saturated heterocycles. The molecule has 0 radical (unpaired) electrons. The van der Waals surface area contributed by atoms with Crippen molar-refractivity contribution in [3.63, 3.8) is 0 Å². The molecule has 0 aromatic heterocycles. The summed E-state index contributed by atoms with van der Waals surface area (Å²) in [6.45, 7) is 10.8. The smallest absolute Gasteiger partial charge is 0.264 e. The number of carbonyl (C=O) groups is 2. The molecule has 42 heavy (non-hydrogen) atoms. The number of sulfonamides is 1. The maximum Gasteiger partial charge on any atom is 0.264 e. The molecule has 1 N–H and O–H groups in total. The van der Waals surface area contributed by atoms with E-state index >= 15 is 0 Å². The molecule has 0 bridgehead atoms. The summed E-state index contributed by atoms with van der Waals surface area (Å²) in [6, 6.07) is 15.7. The van der Waals surface area contributed by atoms with E-state index in [1.165, 1.54) is 17.0 Å². The van der Waals surface area contributed by atoms with E-state index in [9.17, 15) is 18.0 Å². The second-order valence-corrected chi connectivity index (χ2v) is 13.3. The van der Waals surface area contributed by atoms with E-state index in [-0.39, 0.29) is 23.4 Å². The van der Waals surface area contributed by atoms with Crippen molar-refractivity contribution < 1.29 is 18.0 Å². The minimum atomic E-state index is -4.15. The molecule has 2 atom stereocenters. The van der Waals surface area contributed by atoms with Crippen molar-refractivity contribution in [3.05, 3.63) is 93.0 Å². The highest BCUT2D eigenvalue weighted by atomic mass is 35.5. The SMILES string of the molecule is CC[C@H](C)NC(=O)[C@H](CC)N(Cc1ccc(Cl)cc1Cl)C(=O)CN(c1ccc(C)c(C)c1)S(=O)(=O)c1ccc(C)cc1. The fourth-order valence-corrected chi connectivity index (χ4v) is 6.32. The number of anilines is 1. The molecular weight excluding hydrogens is 593 g/mol.